The van der Waals surface area contributed by atoms with E-state index in [2.05, 4.69) is 20.3 Å². The molecule has 0 saturated heterocycles. The fourth-order valence-electron chi connectivity index (χ4n) is 4.79. The third-order valence-corrected chi connectivity index (χ3v) is 6.98. The molecule has 10 heteroatoms. The molecule has 1 aliphatic carbocycles. The van der Waals surface area contributed by atoms with E-state index < -0.39 is 5.92 Å². The van der Waals surface area contributed by atoms with Crippen LogP contribution in [-0.4, -0.2) is 10.9 Å². The van der Waals surface area contributed by atoms with Crippen molar-refractivity contribution in [2.24, 2.45) is 22.2 Å². The zero-order valence-corrected chi connectivity index (χ0v) is 19.2. The Bertz CT molecular complexity index is 1290. The number of fused-ring (bicyclic) bond motifs is 1. The summed E-state index contributed by atoms with van der Waals surface area (Å²) in [7, 11) is 0. The minimum Gasteiger partial charge on any atom is -0.256 e. The van der Waals surface area contributed by atoms with Gasteiger partial charge in [-0.05, 0) is 89.9 Å². The number of nitrogens with zero attached hydrogens (tertiary/aromatic N) is 6. The first-order valence-corrected chi connectivity index (χ1v) is 11.4. The number of nitroso groups, excluding NO2 is 1. The van der Waals surface area contributed by atoms with Crippen LogP contribution in [0.15, 0.2) is 59.1 Å². The third kappa shape index (κ3) is 4.71. The second-order valence-electron chi connectivity index (χ2n) is 8.52. The standard InChI is InChI=1S/C24H22ClFN6O2/c1-14(24(33)32(31-30-27)18-7-8-21(25)23(13-18)29-34)15-2-4-16(5-3-15)19-10-11-28-22-9-6-17(26)12-20(19)22/h6-16H,2-5H2,1H3/t14-,15?,16?/m1/s1. The van der Waals surface area contributed by atoms with Crippen LogP contribution in [0, 0.1) is 22.6 Å². The quantitative estimate of drug-likeness (QED) is 0.119. The molecule has 1 heterocycles. The lowest BCUT2D eigenvalue weighted by molar-refractivity contribution is -0.123. The van der Waals surface area contributed by atoms with Crippen molar-refractivity contribution in [3.8, 4) is 0 Å². The molecule has 0 bridgehead atoms. The number of carbonyl (C=O) groups is 1. The highest BCUT2D eigenvalue weighted by atomic mass is 35.5. The van der Waals surface area contributed by atoms with Crippen LogP contribution < -0.4 is 5.01 Å². The number of pyridine rings is 1. The van der Waals surface area contributed by atoms with Gasteiger partial charge < -0.3 is 0 Å². The summed E-state index contributed by atoms with van der Waals surface area (Å²) in [5.41, 5.74) is 11.0. The molecule has 34 heavy (non-hydrogen) atoms. The number of benzene rings is 2. The van der Waals surface area contributed by atoms with Gasteiger partial charge in [-0.1, -0.05) is 18.5 Å². The molecule has 0 aliphatic heterocycles. The number of anilines is 1. The summed E-state index contributed by atoms with van der Waals surface area (Å²) in [5.74, 6) is -0.737. The molecular formula is C24H22ClFN6O2. The van der Waals surface area contributed by atoms with Gasteiger partial charge in [0.25, 0.3) is 0 Å². The Hall–Kier alpha value is -3.55. The summed E-state index contributed by atoms with van der Waals surface area (Å²) in [5, 5.41) is 8.33. The van der Waals surface area contributed by atoms with Crippen LogP contribution in [0.25, 0.3) is 21.3 Å². The van der Waals surface area contributed by atoms with Gasteiger partial charge >= 0.3 is 5.91 Å². The van der Waals surface area contributed by atoms with Gasteiger partial charge in [0.2, 0.25) is 0 Å². The van der Waals surface area contributed by atoms with E-state index in [1.54, 1.807) is 12.3 Å². The molecule has 1 saturated carbocycles. The molecule has 2 aromatic carbocycles. The number of azide groups is 1. The van der Waals surface area contributed by atoms with Crippen LogP contribution in [0.1, 0.15) is 44.1 Å². The molecule has 174 valence electrons. The maximum Gasteiger partial charge on any atom is 0.320 e. The van der Waals surface area contributed by atoms with Crippen LogP contribution in [0.5, 0.6) is 0 Å². The fraction of sp³-hybridized carbons (Fsp3) is 0.333. The molecule has 0 radical (unpaired) electrons. The van der Waals surface area contributed by atoms with E-state index >= 15 is 0 Å². The number of hydrogen-bond donors (Lipinski definition) is 0. The predicted molar refractivity (Wildman–Crippen MR) is 129 cm³/mol. The molecular weight excluding hydrogens is 459 g/mol. The first kappa shape index (κ1) is 23.6. The van der Waals surface area contributed by atoms with Crippen molar-refractivity contribution in [2.75, 3.05) is 5.01 Å². The summed E-state index contributed by atoms with van der Waals surface area (Å²) in [4.78, 5) is 31.4. The normalized spacial score (nSPS) is 18.7. The maximum atomic E-state index is 13.9. The number of rotatable bonds is 6. The molecule has 1 atom stereocenters. The molecule has 1 amide bonds. The number of hydrogen-bond acceptors (Lipinski definition) is 5. The highest BCUT2D eigenvalue weighted by Gasteiger charge is 2.35. The third-order valence-electron chi connectivity index (χ3n) is 6.66. The van der Waals surface area contributed by atoms with Gasteiger partial charge in [0.1, 0.15) is 17.2 Å². The van der Waals surface area contributed by atoms with E-state index in [1.807, 2.05) is 13.0 Å². The Labute approximate surface area is 200 Å². The Balaban J connectivity index is 1.50. The van der Waals surface area contributed by atoms with Crippen LogP contribution in [0.4, 0.5) is 15.8 Å². The van der Waals surface area contributed by atoms with Crippen LogP contribution >= 0.6 is 11.6 Å². The fourth-order valence-corrected chi connectivity index (χ4v) is 4.94. The summed E-state index contributed by atoms with van der Waals surface area (Å²) in [6, 6.07) is 10.8. The Morgan fingerprint density at radius 2 is 1.97 bits per heavy atom. The highest BCUT2D eigenvalue weighted by molar-refractivity contribution is 6.33. The van der Waals surface area contributed by atoms with Gasteiger partial charge in [-0.2, -0.15) is 4.91 Å². The Morgan fingerprint density at radius 3 is 2.68 bits per heavy atom. The van der Waals surface area contributed by atoms with Gasteiger partial charge in [-0.3, -0.25) is 4.98 Å². The van der Waals surface area contributed by atoms with Gasteiger partial charge in [0.15, 0.2) is 0 Å². The maximum absolute atomic E-state index is 13.9. The zero-order chi connectivity index (χ0) is 24.2. The van der Waals surface area contributed by atoms with E-state index in [9.17, 15) is 14.1 Å². The summed E-state index contributed by atoms with van der Waals surface area (Å²) in [6.07, 6.45) is 5.03. The van der Waals surface area contributed by atoms with Crippen molar-refractivity contribution in [1.82, 2.24) is 4.98 Å². The monoisotopic (exact) mass is 480 g/mol. The second-order valence-corrected chi connectivity index (χ2v) is 8.93. The zero-order valence-electron chi connectivity index (χ0n) is 18.4. The lowest BCUT2D eigenvalue weighted by atomic mass is 9.73. The molecule has 3 aromatic rings. The number of carbonyl (C=O) groups excluding carboxylic acids is 1. The average Bonchev–Trinajstić information content (AvgIpc) is 2.86. The molecule has 4 rings (SSSR count). The molecule has 1 fully saturated rings. The van der Waals surface area contributed by atoms with Gasteiger partial charge in [-0.25, -0.2) is 9.18 Å². The first-order chi connectivity index (χ1) is 16.4. The number of aromatic nitrogens is 1. The minimum atomic E-state index is -0.415. The van der Waals surface area contributed by atoms with Crippen molar-refractivity contribution in [2.45, 2.75) is 38.5 Å². The molecule has 8 nitrogen and oxygen atoms in total. The van der Waals surface area contributed by atoms with E-state index in [4.69, 9.17) is 17.1 Å². The highest BCUT2D eigenvalue weighted by Crippen LogP contribution is 2.41. The number of halogens is 2. The average molecular weight is 481 g/mol. The van der Waals surface area contributed by atoms with Crippen molar-refractivity contribution >= 4 is 39.8 Å². The van der Waals surface area contributed by atoms with Crippen molar-refractivity contribution in [1.29, 1.82) is 0 Å². The predicted octanol–water partition coefficient (Wildman–Crippen LogP) is 7.59. The number of amides is 1. The van der Waals surface area contributed by atoms with Crippen molar-refractivity contribution in [3.63, 3.8) is 0 Å². The largest absolute Gasteiger partial charge is 0.320 e. The van der Waals surface area contributed by atoms with Crippen molar-refractivity contribution in [3.05, 3.63) is 80.4 Å². The summed E-state index contributed by atoms with van der Waals surface area (Å²) < 4.78 is 13.9. The Kier molecular flexibility index (Phi) is 7.05. The van der Waals surface area contributed by atoms with Crippen LogP contribution in [-0.2, 0) is 4.79 Å². The summed E-state index contributed by atoms with van der Waals surface area (Å²) in [6.45, 7) is 1.82. The van der Waals surface area contributed by atoms with E-state index in [0.29, 0.717) is 0 Å². The van der Waals surface area contributed by atoms with E-state index in [1.165, 1.54) is 30.3 Å². The van der Waals surface area contributed by atoms with Crippen LogP contribution in [0.3, 0.4) is 0 Å². The minimum absolute atomic E-state index is 0.0423. The lowest BCUT2D eigenvalue weighted by Crippen LogP contribution is -2.35. The molecule has 0 N–H and O–H groups in total. The SMILES string of the molecule is C[C@@H](C(=O)N(N=[N+]=[N-])c1ccc(Cl)c(N=O)c1)C1CCC(c2ccnc3ccc(F)cc23)CC1. The van der Waals surface area contributed by atoms with E-state index in [-0.39, 0.29) is 40.0 Å². The molecule has 0 unspecified atom stereocenters. The van der Waals surface area contributed by atoms with Crippen LogP contribution in [0.2, 0.25) is 5.02 Å². The smallest absolute Gasteiger partial charge is 0.256 e. The topological polar surface area (TPSA) is 111 Å². The van der Waals surface area contributed by atoms with Crippen molar-refractivity contribution < 1.29 is 9.18 Å². The van der Waals surface area contributed by atoms with E-state index in [0.717, 1.165) is 47.2 Å². The summed E-state index contributed by atoms with van der Waals surface area (Å²) >= 11 is 5.93. The molecule has 0 spiro atoms. The Morgan fingerprint density at radius 1 is 1.21 bits per heavy atom. The lowest BCUT2D eigenvalue weighted by Gasteiger charge is -2.32. The molecule has 1 aliphatic rings. The first-order valence-electron chi connectivity index (χ1n) is 11.0. The van der Waals surface area contributed by atoms with Gasteiger partial charge in [0.05, 0.1) is 16.5 Å². The second kappa shape index (κ2) is 10.2. The van der Waals surface area contributed by atoms with Gasteiger partial charge in [-0.15, -0.1) is 15.4 Å². The van der Waals surface area contributed by atoms with Gasteiger partial charge in [0, 0.05) is 17.6 Å². The molecule has 1 aromatic heterocycles.